The number of anilines is 1. The number of hydrogen-bond donors (Lipinski definition) is 1. The first-order valence-electron chi connectivity index (χ1n) is 19.5. The van der Waals surface area contributed by atoms with Crippen molar-refractivity contribution in [3.8, 4) is 23.0 Å². The summed E-state index contributed by atoms with van der Waals surface area (Å²) >= 11 is 0. The number of benzene rings is 4. The Hall–Kier alpha value is -7.13. The summed E-state index contributed by atoms with van der Waals surface area (Å²) in [7, 11) is 4.17. The van der Waals surface area contributed by atoms with E-state index in [-0.39, 0.29) is 73.0 Å². The maximum Gasteiger partial charge on any atom is 0.416 e. The third-order valence-corrected chi connectivity index (χ3v) is 11.0. The second-order valence-electron chi connectivity index (χ2n) is 15.2. The number of aliphatic hydroxyl groups is 1. The molecule has 4 aromatic rings. The third-order valence-electron chi connectivity index (χ3n) is 11.0. The molecule has 0 aliphatic carbocycles. The topological polar surface area (TPSA) is 166 Å². The summed E-state index contributed by atoms with van der Waals surface area (Å²) in [5.74, 6) is -0.199. The van der Waals surface area contributed by atoms with E-state index in [4.69, 9.17) is 28.4 Å². The van der Waals surface area contributed by atoms with E-state index >= 15 is 0 Å². The molecule has 8 rings (SSSR count). The van der Waals surface area contributed by atoms with Gasteiger partial charge < -0.3 is 43.3 Å². The Kier molecular flexibility index (Phi) is 11.2. The second-order valence-corrected chi connectivity index (χ2v) is 15.2. The Balaban J connectivity index is 1.07. The van der Waals surface area contributed by atoms with Crippen LogP contribution >= 0.6 is 0 Å². The lowest BCUT2D eigenvalue weighted by molar-refractivity contribution is 0.0485. The lowest BCUT2D eigenvalue weighted by Crippen LogP contribution is -2.50. The fraction of sp³-hybridized carbons (Fsp3) is 0.283. The van der Waals surface area contributed by atoms with Crippen LogP contribution in [0.1, 0.15) is 60.6 Å². The maximum atomic E-state index is 14.0. The maximum absolute atomic E-state index is 14.0. The first-order chi connectivity index (χ1) is 29.5. The molecule has 4 aliphatic heterocycles. The van der Waals surface area contributed by atoms with Gasteiger partial charge in [-0.15, -0.1) is 0 Å². The zero-order valence-electron chi connectivity index (χ0n) is 33.9. The van der Waals surface area contributed by atoms with E-state index < -0.39 is 30.2 Å². The molecule has 0 bridgehead atoms. The first kappa shape index (κ1) is 40.6. The number of carbonyl (C=O) groups is 4. The fourth-order valence-corrected chi connectivity index (χ4v) is 8.07. The van der Waals surface area contributed by atoms with Gasteiger partial charge in [-0.05, 0) is 59.9 Å². The zero-order chi connectivity index (χ0) is 42.9. The van der Waals surface area contributed by atoms with Crippen LogP contribution in [0.25, 0.3) is 0 Å². The highest BCUT2D eigenvalue weighted by molar-refractivity contribution is 6.06. The van der Waals surface area contributed by atoms with Crippen molar-refractivity contribution in [2.45, 2.75) is 51.0 Å². The predicted octanol–water partition coefficient (Wildman–Crippen LogP) is 6.38. The molecule has 0 saturated carbocycles. The van der Waals surface area contributed by atoms with Gasteiger partial charge in [-0.25, -0.2) is 14.5 Å². The molecule has 4 heterocycles. The van der Waals surface area contributed by atoms with Crippen LogP contribution < -0.4 is 23.8 Å². The van der Waals surface area contributed by atoms with Crippen molar-refractivity contribution in [3.05, 3.63) is 130 Å². The smallest absolute Gasteiger partial charge is 0.416 e. The number of rotatable bonds is 11. The SMILES string of the molecule is C=C1C[C@H]2C=Nc3cc(OCc4cc(COc5cc6c(cc5OC)C(=O)N5CC(=C)C[C@H]5[C@H](O)N6C(=O)OCc5ccccc5)cc(C(=O)OC)c4)c(OC)cc3C(=O)N2C1. The predicted molar refractivity (Wildman–Crippen MR) is 223 cm³/mol. The summed E-state index contributed by atoms with van der Waals surface area (Å²) in [4.78, 5) is 63.2. The van der Waals surface area contributed by atoms with Crippen molar-refractivity contribution in [2.24, 2.45) is 4.99 Å². The van der Waals surface area contributed by atoms with Crippen LogP contribution in [0, 0.1) is 0 Å². The Morgan fingerprint density at radius 1 is 0.738 bits per heavy atom. The molecular weight excluding hydrogens is 785 g/mol. The Morgan fingerprint density at radius 2 is 1.36 bits per heavy atom. The summed E-state index contributed by atoms with van der Waals surface area (Å²) in [6, 6.07) is 19.4. The number of methoxy groups -OCH3 is 3. The van der Waals surface area contributed by atoms with Crippen molar-refractivity contribution < 1.29 is 52.7 Å². The van der Waals surface area contributed by atoms with E-state index in [2.05, 4.69) is 18.2 Å². The number of aliphatic imine (C=N–C) groups is 1. The summed E-state index contributed by atoms with van der Waals surface area (Å²) in [5, 5.41) is 11.7. The molecule has 0 aromatic heterocycles. The average Bonchev–Trinajstić information content (AvgIpc) is 3.81. The molecule has 15 heteroatoms. The van der Waals surface area contributed by atoms with E-state index in [0.29, 0.717) is 46.8 Å². The second kappa shape index (κ2) is 16.9. The van der Waals surface area contributed by atoms with Crippen molar-refractivity contribution >= 4 is 41.5 Å². The van der Waals surface area contributed by atoms with Gasteiger partial charge in [0.15, 0.2) is 29.2 Å². The lowest BCUT2D eigenvalue weighted by Gasteiger charge is -2.31. The number of fused-ring (bicyclic) bond motifs is 4. The molecule has 2 saturated heterocycles. The highest BCUT2D eigenvalue weighted by atomic mass is 16.6. The van der Waals surface area contributed by atoms with E-state index in [0.717, 1.165) is 21.6 Å². The summed E-state index contributed by atoms with van der Waals surface area (Å²) < 4.78 is 34.6. The van der Waals surface area contributed by atoms with Gasteiger partial charge in [0.25, 0.3) is 11.8 Å². The molecule has 0 unspecified atom stereocenters. The molecule has 0 radical (unpaired) electrons. The molecule has 0 spiro atoms. The Labute approximate surface area is 352 Å². The fourth-order valence-electron chi connectivity index (χ4n) is 8.07. The van der Waals surface area contributed by atoms with Crippen LogP contribution in [-0.2, 0) is 29.3 Å². The molecule has 3 atom stereocenters. The lowest BCUT2D eigenvalue weighted by atomic mass is 10.1. The molecule has 15 nitrogen and oxygen atoms in total. The molecule has 314 valence electrons. The quantitative estimate of drug-likeness (QED) is 0.132. The van der Waals surface area contributed by atoms with Gasteiger partial charge in [0.05, 0.1) is 61.5 Å². The van der Waals surface area contributed by atoms with Gasteiger partial charge in [0.2, 0.25) is 0 Å². The van der Waals surface area contributed by atoms with Crippen LogP contribution in [0.2, 0.25) is 0 Å². The van der Waals surface area contributed by atoms with Gasteiger partial charge in [-0.1, -0.05) is 54.6 Å². The van der Waals surface area contributed by atoms with Gasteiger partial charge >= 0.3 is 12.1 Å². The number of esters is 1. The van der Waals surface area contributed by atoms with E-state index in [9.17, 15) is 24.3 Å². The van der Waals surface area contributed by atoms with Gasteiger partial charge in [-0.3, -0.25) is 14.6 Å². The number of nitrogens with zero attached hydrogens (tertiary/aromatic N) is 4. The summed E-state index contributed by atoms with van der Waals surface area (Å²) in [5.41, 5.74) is 4.77. The van der Waals surface area contributed by atoms with Gasteiger partial charge in [-0.2, -0.15) is 0 Å². The van der Waals surface area contributed by atoms with Crippen molar-refractivity contribution in [1.29, 1.82) is 0 Å². The largest absolute Gasteiger partial charge is 0.493 e. The number of amides is 3. The number of ether oxygens (including phenoxy) is 6. The van der Waals surface area contributed by atoms with Crippen LogP contribution in [0.5, 0.6) is 23.0 Å². The molecule has 3 amide bonds. The van der Waals surface area contributed by atoms with Gasteiger partial charge in [0.1, 0.15) is 19.8 Å². The third kappa shape index (κ3) is 7.99. The first-order valence-corrected chi connectivity index (χ1v) is 19.5. The zero-order valence-corrected chi connectivity index (χ0v) is 33.9. The average molecular weight is 829 g/mol. The van der Waals surface area contributed by atoms with Crippen LogP contribution in [-0.4, -0.2) is 97.7 Å². The van der Waals surface area contributed by atoms with Crippen LogP contribution in [0.4, 0.5) is 16.2 Å². The van der Waals surface area contributed by atoms with E-state index in [1.54, 1.807) is 53.6 Å². The Morgan fingerprint density at radius 3 is 2.03 bits per heavy atom. The standard InChI is InChI=1S/C46H44N4O11/c1-26-11-32-20-47-35-18-40(38(56-3)16-33(35)42(51)48(32)21-26)59-24-29-13-30(15-31(14-29)45(54)58-5)25-60-41-19-36-34(17-39(41)57-4)43(52)49-22-27(2)12-37(49)44(53)50(36)46(55)61-23-28-9-7-6-8-10-28/h6-10,13-20,32,37,44,53H,1-2,11-12,21-25H2,3-5H3/t32-,37-,44-/m0/s1. The Bertz CT molecular complexity index is 2480. The number of carbonyl (C=O) groups excluding carboxylic acids is 4. The molecule has 4 aliphatic rings. The van der Waals surface area contributed by atoms with Crippen molar-refractivity contribution in [2.75, 3.05) is 39.3 Å². The summed E-state index contributed by atoms with van der Waals surface area (Å²) in [6.07, 6.45) is 0.338. The highest BCUT2D eigenvalue weighted by Crippen LogP contribution is 2.43. The van der Waals surface area contributed by atoms with E-state index in [1.807, 2.05) is 18.2 Å². The number of aliphatic hydroxyl groups excluding tert-OH is 1. The summed E-state index contributed by atoms with van der Waals surface area (Å²) in [6.45, 7) is 8.53. The monoisotopic (exact) mass is 828 g/mol. The molecular formula is C46H44N4O11. The minimum atomic E-state index is -1.48. The normalized spacial score (nSPS) is 19.0. The highest BCUT2D eigenvalue weighted by Gasteiger charge is 2.46. The number of hydrogen-bond acceptors (Lipinski definition) is 12. The van der Waals surface area contributed by atoms with Crippen LogP contribution in [0.3, 0.4) is 0 Å². The molecule has 61 heavy (non-hydrogen) atoms. The minimum absolute atomic E-state index is 0.0223. The molecule has 1 N–H and O–H groups in total. The molecule has 2 fully saturated rings. The van der Waals surface area contributed by atoms with Crippen molar-refractivity contribution in [1.82, 2.24) is 9.80 Å². The molecule has 4 aromatic carbocycles. The van der Waals surface area contributed by atoms with Crippen molar-refractivity contribution in [3.63, 3.8) is 0 Å². The van der Waals surface area contributed by atoms with Crippen LogP contribution in [0.15, 0.2) is 102 Å². The van der Waals surface area contributed by atoms with E-state index in [1.165, 1.54) is 38.4 Å². The minimum Gasteiger partial charge on any atom is -0.493 e. The van der Waals surface area contributed by atoms with Gasteiger partial charge in [0, 0.05) is 31.4 Å².